The lowest BCUT2D eigenvalue weighted by molar-refractivity contribution is 0.198. The molecule has 0 radical (unpaired) electrons. The third-order valence-corrected chi connectivity index (χ3v) is 2.95. The SMILES string of the molecule is CC1CCCCN(C(C)CC#N)C1. The third kappa shape index (κ3) is 3.36. The molecule has 2 nitrogen and oxygen atoms in total. The van der Waals surface area contributed by atoms with E-state index in [1.54, 1.807) is 0 Å². The van der Waals surface area contributed by atoms with Gasteiger partial charge >= 0.3 is 0 Å². The highest BCUT2D eigenvalue weighted by molar-refractivity contribution is 4.81. The summed E-state index contributed by atoms with van der Waals surface area (Å²) in [5.41, 5.74) is 0. The highest BCUT2D eigenvalue weighted by Crippen LogP contribution is 2.18. The van der Waals surface area contributed by atoms with Crippen LogP contribution in [0.1, 0.15) is 39.5 Å². The van der Waals surface area contributed by atoms with Crippen LogP contribution in [0.2, 0.25) is 0 Å². The van der Waals surface area contributed by atoms with Crippen molar-refractivity contribution in [2.75, 3.05) is 13.1 Å². The van der Waals surface area contributed by atoms with Crippen molar-refractivity contribution in [3.05, 3.63) is 0 Å². The van der Waals surface area contributed by atoms with Crippen molar-refractivity contribution < 1.29 is 0 Å². The Hall–Kier alpha value is -0.550. The minimum absolute atomic E-state index is 0.450. The van der Waals surface area contributed by atoms with Gasteiger partial charge in [-0.15, -0.1) is 0 Å². The van der Waals surface area contributed by atoms with E-state index >= 15 is 0 Å². The van der Waals surface area contributed by atoms with E-state index < -0.39 is 0 Å². The van der Waals surface area contributed by atoms with Crippen LogP contribution in [0.3, 0.4) is 0 Å². The summed E-state index contributed by atoms with van der Waals surface area (Å²) < 4.78 is 0. The predicted octanol–water partition coefficient (Wildman–Crippen LogP) is 2.41. The maximum Gasteiger partial charge on any atom is 0.0638 e. The van der Waals surface area contributed by atoms with Gasteiger partial charge in [0.2, 0.25) is 0 Å². The largest absolute Gasteiger partial charge is 0.299 e. The van der Waals surface area contributed by atoms with Gasteiger partial charge in [-0.2, -0.15) is 5.26 Å². The van der Waals surface area contributed by atoms with E-state index in [0.29, 0.717) is 12.5 Å². The quantitative estimate of drug-likeness (QED) is 0.652. The molecule has 2 unspecified atom stereocenters. The lowest BCUT2D eigenvalue weighted by atomic mass is 10.1. The molecule has 13 heavy (non-hydrogen) atoms. The average molecular weight is 180 g/mol. The lowest BCUT2D eigenvalue weighted by Crippen LogP contribution is -2.35. The molecule has 1 heterocycles. The molecule has 1 fully saturated rings. The maximum absolute atomic E-state index is 8.63. The van der Waals surface area contributed by atoms with E-state index in [4.69, 9.17) is 5.26 Å². The zero-order valence-corrected chi connectivity index (χ0v) is 8.79. The van der Waals surface area contributed by atoms with E-state index in [1.807, 2.05) is 0 Å². The molecule has 0 aliphatic carbocycles. The standard InChI is InChI=1S/C11H20N2/c1-10-5-3-4-8-13(9-10)11(2)6-7-12/h10-11H,3-6,8-9H2,1-2H3. The Morgan fingerprint density at radius 2 is 2.31 bits per heavy atom. The fourth-order valence-electron chi connectivity index (χ4n) is 2.05. The fraction of sp³-hybridized carbons (Fsp3) is 0.909. The highest BCUT2D eigenvalue weighted by Gasteiger charge is 2.18. The first kappa shape index (κ1) is 10.5. The number of rotatable bonds is 2. The Labute approximate surface area is 81.5 Å². The summed E-state index contributed by atoms with van der Waals surface area (Å²) in [5, 5.41) is 8.63. The minimum Gasteiger partial charge on any atom is -0.299 e. The van der Waals surface area contributed by atoms with Gasteiger partial charge in [0.15, 0.2) is 0 Å². The Morgan fingerprint density at radius 1 is 1.54 bits per heavy atom. The molecular weight excluding hydrogens is 160 g/mol. The van der Waals surface area contributed by atoms with Crippen LogP contribution in [0.25, 0.3) is 0 Å². The van der Waals surface area contributed by atoms with E-state index in [0.717, 1.165) is 5.92 Å². The molecule has 0 aromatic heterocycles. The van der Waals surface area contributed by atoms with Gasteiger partial charge in [-0.05, 0) is 32.2 Å². The number of hydrogen-bond acceptors (Lipinski definition) is 2. The molecule has 0 saturated carbocycles. The molecule has 0 aromatic rings. The van der Waals surface area contributed by atoms with Crippen molar-refractivity contribution in [3.8, 4) is 6.07 Å². The maximum atomic E-state index is 8.63. The number of nitrogens with zero attached hydrogens (tertiary/aromatic N) is 2. The first-order valence-corrected chi connectivity index (χ1v) is 5.35. The van der Waals surface area contributed by atoms with Crippen LogP contribution in [0.5, 0.6) is 0 Å². The smallest absolute Gasteiger partial charge is 0.0638 e. The average Bonchev–Trinajstić information content (AvgIpc) is 2.30. The second-order valence-corrected chi connectivity index (χ2v) is 4.31. The molecule has 2 atom stereocenters. The van der Waals surface area contributed by atoms with E-state index in [-0.39, 0.29) is 0 Å². The second-order valence-electron chi connectivity index (χ2n) is 4.31. The molecule has 1 aliphatic heterocycles. The van der Waals surface area contributed by atoms with Gasteiger partial charge in [0.1, 0.15) is 0 Å². The van der Waals surface area contributed by atoms with Gasteiger partial charge in [-0.1, -0.05) is 13.3 Å². The van der Waals surface area contributed by atoms with Crippen molar-refractivity contribution in [2.45, 2.75) is 45.6 Å². The number of nitriles is 1. The molecular formula is C11H20N2. The van der Waals surface area contributed by atoms with E-state index in [2.05, 4.69) is 24.8 Å². The summed E-state index contributed by atoms with van der Waals surface area (Å²) in [6.45, 7) is 6.86. The monoisotopic (exact) mass is 180 g/mol. The van der Waals surface area contributed by atoms with Gasteiger partial charge in [0.25, 0.3) is 0 Å². The van der Waals surface area contributed by atoms with Crippen LogP contribution in [-0.4, -0.2) is 24.0 Å². The summed E-state index contributed by atoms with van der Waals surface area (Å²) in [5.74, 6) is 0.809. The Bertz CT molecular complexity index is 183. The van der Waals surface area contributed by atoms with Crippen LogP contribution in [0.4, 0.5) is 0 Å². The zero-order valence-electron chi connectivity index (χ0n) is 8.79. The minimum atomic E-state index is 0.450. The molecule has 1 saturated heterocycles. The van der Waals surface area contributed by atoms with Gasteiger partial charge in [0, 0.05) is 12.6 Å². The topological polar surface area (TPSA) is 27.0 Å². The van der Waals surface area contributed by atoms with Gasteiger partial charge in [0.05, 0.1) is 12.5 Å². The molecule has 1 rings (SSSR count). The number of likely N-dealkylation sites (tertiary alicyclic amines) is 1. The first-order valence-electron chi connectivity index (χ1n) is 5.35. The van der Waals surface area contributed by atoms with E-state index in [9.17, 15) is 0 Å². The molecule has 0 amide bonds. The Balaban J connectivity index is 2.43. The van der Waals surface area contributed by atoms with Crippen LogP contribution in [0.15, 0.2) is 0 Å². The van der Waals surface area contributed by atoms with Crippen LogP contribution in [-0.2, 0) is 0 Å². The predicted molar refractivity (Wildman–Crippen MR) is 54.3 cm³/mol. The number of hydrogen-bond donors (Lipinski definition) is 0. The van der Waals surface area contributed by atoms with E-state index in [1.165, 1.54) is 32.4 Å². The summed E-state index contributed by atoms with van der Waals surface area (Å²) in [4.78, 5) is 2.47. The lowest BCUT2D eigenvalue weighted by Gasteiger charge is -2.27. The zero-order chi connectivity index (χ0) is 9.68. The molecule has 0 N–H and O–H groups in total. The fourth-order valence-corrected chi connectivity index (χ4v) is 2.05. The molecule has 74 valence electrons. The normalized spacial score (nSPS) is 27.6. The summed E-state index contributed by atoms with van der Waals surface area (Å²) in [6, 6.07) is 2.71. The third-order valence-electron chi connectivity index (χ3n) is 2.95. The second kappa shape index (κ2) is 5.24. The van der Waals surface area contributed by atoms with Gasteiger partial charge in [-0.25, -0.2) is 0 Å². The highest BCUT2D eigenvalue weighted by atomic mass is 15.1. The molecule has 0 aromatic carbocycles. The van der Waals surface area contributed by atoms with Gasteiger partial charge in [-0.3, -0.25) is 4.90 Å². The van der Waals surface area contributed by atoms with Crippen molar-refractivity contribution in [2.24, 2.45) is 5.92 Å². The van der Waals surface area contributed by atoms with Crippen molar-refractivity contribution >= 4 is 0 Å². The van der Waals surface area contributed by atoms with Crippen LogP contribution >= 0.6 is 0 Å². The molecule has 2 heteroatoms. The van der Waals surface area contributed by atoms with Crippen molar-refractivity contribution in [1.82, 2.24) is 4.90 Å². The Kier molecular flexibility index (Phi) is 4.24. The van der Waals surface area contributed by atoms with Crippen molar-refractivity contribution in [3.63, 3.8) is 0 Å². The Morgan fingerprint density at radius 3 is 3.00 bits per heavy atom. The summed E-state index contributed by atoms with van der Waals surface area (Å²) in [6.07, 6.45) is 4.69. The molecule has 0 bridgehead atoms. The summed E-state index contributed by atoms with van der Waals surface area (Å²) >= 11 is 0. The van der Waals surface area contributed by atoms with Crippen LogP contribution < -0.4 is 0 Å². The molecule has 1 aliphatic rings. The van der Waals surface area contributed by atoms with Crippen LogP contribution in [0, 0.1) is 17.2 Å². The summed E-state index contributed by atoms with van der Waals surface area (Å²) in [7, 11) is 0. The first-order chi connectivity index (χ1) is 6.24. The molecule has 0 spiro atoms. The van der Waals surface area contributed by atoms with Gasteiger partial charge < -0.3 is 0 Å². The van der Waals surface area contributed by atoms with Crippen molar-refractivity contribution in [1.29, 1.82) is 5.26 Å².